The highest BCUT2D eigenvalue weighted by molar-refractivity contribution is 7.20. The smallest absolute Gasteiger partial charge is 0.346 e. The van der Waals surface area contributed by atoms with Crippen LogP contribution in [0.2, 0.25) is 0 Å². The quantitative estimate of drug-likeness (QED) is 0.568. The number of carboxylic acid groups (broad SMARTS) is 1. The third kappa shape index (κ3) is 3.46. The van der Waals surface area contributed by atoms with E-state index < -0.39 is 17.6 Å². The van der Waals surface area contributed by atoms with E-state index in [1.165, 1.54) is 10.9 Å². The molecule has 2 aromatic heterocycles. The summed E-state index contributed by atoms with van der Waals surface area (Å²) in [4.78, 5) is 56.2. The Balaban J connectivity index is 1.73. The summed E-state index contributed by atoms with van der Waals surface area (Å²) in [6, 6.07) is 3.98. The van der Waals surface area contributed by atoms with E-state index in [-0.39, 0.29) is 28.6 Å². The van der Waals surface area contributed by atoms with Gasteiger partial charge in [0.05, 0.1) is 23.4 Å². The molecule has 10 heteroatoms. The summed E-state index contributed by atoms with van der Waals surface area (Å²) in [7, 11) is 0. The second kappa shape index (κ2) is 8.19. The summed E-state index contributed by atoms with van der Waals surface area (Å²) < 4.78 is 6.69. The Bertz CT molecular complexity index is 1330. The zero-order valence-electron chi connectivity index (χ0n) is 17.7. The molecular weight excluding hydrogens is 434 g/mol. The number of amides is 1. The number of hydrogen-bond donors (Lipinski definition) is 1. The topological polar surface area (TPSA) is 119 Å². The number of carbonyl (C=O) groups excluding carboxylic acids is 2. The van der Waals surface area contributed by atoms with Crippen LogP contribution in [0.4, 0.5) is 5.69 Å². The van der Waals surface area contributed by atoms with Gasteiger partial charge < -0.3 is 14.7 Å². The Morgan fingerprint density at radius 3 is 2.75 bits per heavy atom. The summed E-state index contributed by atoms with van der Waals surface area (Å²) in [5.41, 5.74) is 0.725. The van der Waals surface area contributed by atoms with Crippen LogP contribution >= 0.6 is 11.3 Å². The van der Waals surface area contributed by atoms with Crippen molar-refractivity contribution in [3.8, 4) is 5.75 Å². The minimum absolute atomic E-state index is 0.0455. The molecule has 1 aliphatic heterocycles. The number of aromatic carboxylic acids is 1. The Hall–Kier alpha value is -3.53. The molecule has 0 saturated heterocycles. The van der Waals surface area contributed by atoms with Gasteiger partial charge in [0, 0.05) is 12.1 Å². The van der Waals surface area contributed by atoms with Crippen molar-refractivity contribution in [3.05, 3.63) is 50.9 Å². The summed E-state index contributed by atoms with van der Waals surface area (Å²) in [5.74, 6) is -1.11. The number of benzene rings is 1. The van der Waals surface area contributed by atoms with Gasteiger partial charge in [-0.2, -0.15) is 0 Å². The van der Waals surface area contributed by atoms with Crippen molar-refractivity contribution in [2.45, 2.75) is 33.2 Å². The van der Waals surface area contributed by atoms with Gasteiger partial charge in [-0.3, -0.25) is 19.0 Å². The first-order valence-electron chi connectivity index (χ1n) is 10.1. The molecular formula is C22H21N3O6S. The molecule has 0 fully saturated rings. The molecule has 32 heavy (non-hydrogen) atoms. The zero-order chi connectivity index (χ0) is 23.2. The van der Waals surface area contributed by atoms with Gasteiger partial charge in [-0.1, -0.05) is 6.92 Å². The maximum absolute atomic E-state index is 13.2. The van der Waals surface area contributed by atoms with Gasteiger partial charge in [-0.05, 0) is 44.0 Å². The fourth-order valence-electron chi connectivity index (χ4n) is 3.81. The molecule has 0 radical (unpaired) electrons. The number of carbonyl (C=O) groups is 3. The molecule has 1 aliphatic rings. The van der Waals surface area contributed by atoms with E-state index >= 15 is 0 Å². The number of ketones is 1. The fourth-order valence-corrected chi connectivity index (χ4v) is 4.79. The normalized spacial score (nSPS) is 14.2. The molecule has 9 nitrogen and oxygen atoms in total. The van der Waals surface area contributed by atoms with Crippen LogP contribution in [0.25, 0.3) is 10.2 Å². The van der Waals surface area contributed by atoms with E-state index in [1.807, 2.05) is 6.92 Å². The zero-order valence-corrected chi connectivity index (χ0v) is 18.6. The molecule has 4 rings (SSSR count). The van der Waals surface area contributed by atoms with E-state index in [4.69, 9.17) is 4.74 Å². The van der Waals surface area contributed by atoms with Gasteiger partial charge in [0.15, 0.2) is 12.4 Å². The Morgan fingerprint density at radius 1 is 1.31 bits per heavy atom. The molecule has 0 saturated carbocycles. The molecule has 1 N–H and O–H groups in total. The van der Waals surface area contributed by atoms with E-state index in [1.54, 1.807) is 36.9 Å². The fraction of sp³-hybridized carbons (Fsp3) is 0.318. The van der Waals surface area contributed by atoms with Gasteiger partial charge in [0.2, 0.25) is 0 Å². The second-order valence-corrected chi connectivity index (χ2v) is 8.55. The Labute approximate surface area is 186 Å². The van der Waals surface area contributed by atoms with Crippen molar-refractivity contribution >= 4 is 44.9 Å². The van der Waals surface area contributed by atoms with Crippen LogP contribution in [-0.4, -0.2) is 45.5 Å². The van der Waals surface area contributed by atoms with E-state index in [2.05, 4.69) is 4.98 Å². The lowest BCUT2D eigenvalue weighted by Gasteiger charge is -2.29. The van der Waals surface area contributed by atoms with Gasteiger partial charge in [0.1, 0.15) is 15.5 Å². The van der Waals surface area contributed by atoms with Crippen molar-refractivity contribution < 1.29 is 24.2 Å². The van der Waals surface area contributed by atoms with Crippen LogP contribution in [0.5, 0.6) is 5.75 Å². The Kier molecular flexibility index (Phi) is 5.55. The average molecular weight is 455 g/mol. The number of rotatable bonds is 6. The van der Waals surface area contributed by atoms with Crippen molar-refractivity contribution in [2.75, 3.05) is 18.1 Å². The number of aromatic nitrogens is 2. The molecule has 0 spiro atoms. The number of ether oxygens (including phenoxy) is 1. The summed E-state index contributed by atoms with van der Waals surface area (Å²) in [6.45, 7) is 5.56. The van der Waals surface area contributed by atoms with Crippen LogP contribution in [0, 0.1) is 6.92 Å². The standard InChI is InChI=1S/C22H21N3O6S/c1-4-7-24-14-8-13(5-6-15(14)31-9-16(24)26)18(27)12(3)25-10-23-20-17(21(25)28)11(2)19(32-20)22(29)30/h5-6,8,10,12H,4,7,9H2,1-3H3,(H,29,30). The lowest BCUT2D eigenvalue weighted by Crippen LogP contribution is -2.39. The second-order valence-electron chi connectivity index (χ2n) is 7.56. The van der Waals surface area contributed by atoms with Crippen molar-refractivity contribution in [3.63, 3.8) is 0 Å². The average Bonchev–Trinajstić information content (AvgIpc) is 3.12. The largest absolute Gasteiger partial charge is 0.482 e. The highest BCUT2D eigenvalue weighted by Gasteiger charge is 2.28. The van der Waals surface area contributed by atoms with E-state index in [9.17, 15) is 24.3 Å². The highest BCUT2D eigenvalue weighted by Crippen LogP contribution is 2.34. The number of hydrogen-bond acceptors (Lipinski definition) is 7. The minimum Gasteiger partial charge on any atom is -0.482 e. The van der Waals surface area contributed by atoms with Crippen molar-refractivity contribution in [1.29, 1.82) is 0 Å². The Morgan fingerprint density at radius 2 is 2.06 bits per heavy atom. The predicted molar refractivity (Wildman–Crippen MR) is 119 cm³/mol. The van der Waals surface area contributed by atoms with Crippen LogP contribution < -0.4 is 15.2 Å². The van der Waals surface area contributed by atoms with Crippen LogP contribution in [-0.2, 0) is 4.79 Å². The molecule has 0 aliphatic carbocycles. The molecule has 1 aromatic carbocycles. The van der Waals surface area contributed by atoms with Crippen LogP contribution in [0.3, 0.4) is 0 Å². The number of Topliss-reactive ketones (excluding diaryl/α,β-unsaturated/α-hetero) is 1. The molecule has 1 amide bonds. The third-order valence-electron chi connectivity index (χ3n) is 5.50. The van der Waals surface area contributed by atoms with Gasteiger partial charge in [0.25, 0.3) is 11.5 Å². The summed E-state index contributed by atoms with van der Waals surface area (Å²) >= 11 is 0.932. The van der Waals surface area contributed by atoms with Crippen molar-refractivity contribution in [1.82, 2.24) is 9.55 Å². The lowest BCUT2D eigenvalue weighted by atomic mass is 10.0. The molecule has 3 aromatic rings. The summed E-state index contributed by atoms with van der Waals surface area (Å²) in [5, 5.41) is 9.53. The van der Waals surface area contributed by atoms with Crippen LogP contribution in [0.1, 0.15) is 51.9 Å². The molecule has 1 unspecified atom stereocenters. The number of carboxylic acids is 1. The van der Waals surface area contributed by atoms with Gasteiger partial charge >= 0.3 is 5.97 Å². The number of thiophene rings is 1. The maximum Gasteiger partial charge on any atom is 0.346 e. The van der Waals surface area contributed by atoms with Crippen LogP contribution in [0.15, 0.2) is 29.3 Å². The first-order valence-corrected chi connectivity index (χ1v) is 10.9. The predicted octanol–water partition coefficient (Wildman–Crippen LogP) is 3.04. The first-order chi connectivity index (χ1) is 15.2. The summed E-state index contributed by atoms with van der Waals surface area (Å²) in [6.07, 6.45) is 2.02. The molecule has 3 heterocycles. The molecule has 1 atom stereocenters. The molecule has 166 valence electrons. The lowest BCUT2D eigenvalue weighted by molar-refractivity contribution is -0.121. The van der Waals surface area contributed by atoms with E-state index in [0.29, 0.717) is 33.9 Å². The first kappa shape index (κ1) is 21.7. The van der Waals surface area contributed by atoms with Gasteiger partial charge in [-0.15, -0.1) is 11.3 Å². The third-order valence-corrected chi connectivity index (χ3v) is 6.69. The van der Waals surface area contributed by atoms with Gasteiger partial charge in [-0.25, -0.2) is 9.78 Å². The van der Waals surface area contributed by atoms with Crippen molar-refractivity contribution in [2.24, 2.45) is 0 Å². The molecule has 0 bridgehead atoms. The highest BCUT2D eigenvalue weighted by atomic mass is 32.1. The monoisotopic (exact) mass is 455 g/mol. The number of nitrogens with zero attached hydrogens (tertiary/aromatic N) is 3. The minimum atomic E-state index is -1.12. The number of aryl methyl sites for hydroxylation is 1. The number of anilines is 1. The maximum atomic E-state index is 13.2. The van der Waals surface area contributed by atoms with E-state index in [0.717, 1.165) is 17.8 Å². The number of fused-ring (bicyclic) bond motifs is 2. The SMILES string of the molecule is CCCN1C(=O)COc2ccc(C(=O)C(C)n3cnc4sc(C(=O)O)c(C)c4c3=O)cc21.